The molecule has 0 heterocycles. The third-order valence-corrected chi connectivity index (χ3v) is 4.45. The summed E-state index contributed by atoms with van der Waals surface area (Å²) in [5.41, 5.74) is 7.39. The molecule has 0 radical (unpaired) electrons. The van der Waals surface area contributed by atoms with Crippen LogP contribution in [0.2, 0.25) is 0 Å². The van der Waals surface area contributed by atoms with E-state index in [4.69, 9.17) is 5.73 Å². The van der Waals surface area contributed by atoms with Gasteiger partial charge >= 0.3 is 0 Å². The molecule has 19 heavy (non-hydrogen) atoms. The average Bonchev–Trinajstić information content (AvgIpc) is 2.62. The van der Waals surface area contributed by atoms with Crippen molar-refractivity contribution >= 4 is 0 Å². The lowest BCUT2D eigenvalue weighted by Gasteiger charge is -2.28. The zero-order valence-corrected chi connectivity index (χ0v) is 12.4. The van der Waals surface area contributed by atoms with Crippen molar-refractivity contribution in [3.05, 3.63) is 35.9 Å². The van der Waals surface area contributed by atoms with Crippen molar-refractivity contribution in [1.29, 1.82) is 0 Å². The van der Waals surface area contributed by atoms with E-state index in [-0.39, 0.29) is 5.54 Å². The summed E-state index contributed by atoms with van der Waals surface area (Å²) in [6.07, 6.45) is 6.69. The lowest BCUT2D eigenvalue weighted by molar-refractivity contribution is 0.376. The highest BCUT2D eigenvalue weighted by atomic mass is 15.0. The molecule has 0 amide bonds. The SMILES string of the molecule is CC1CCCC(NCC(C)(N)c2ccccc2)CC1. The molecule has 2 rings (SSSR count). The Morgan fingerprint density at radius 3 is 2.63 bits per heavy atom. The second-order valence-corrected chi connectivity index (χ2v) is 6.47. The maximum Gasteiger partial charge on any atom is 0.0507 e. The Balaban J connectivity index is 1.87. The zero-order valence-electron chi connectivity index (χ0n) is 12.4. The molecule has 0 aromatic heterocycles. The summed E-state index contributed by atoms with van der Waals surface area (Å²) >= 11 is 0. The highest BCUT2D eigenvalue weighted by Gasteiger charge is 2.23. The molecule has 3 atom stereocenters. The Labute approximate surface area is 117 Å². The van der Waals surface area contributed by atoms with Crippen LogP contribution < -0.4 is 11.1 Å². The zero-order chi connectivity index (χ0) is 13.7. The molecule has 1 aromatic carbocycles. The van der Waals surface area contributed by atoms with Crippen LogP contribution in [0.5, 0.6) is 0 Å². The number of benzene rings is 1. The highest BCUT2D eigenvalue weighted by Crippen LogP contribution is 2.23. The quantitative estimate of drug-likeness (QED) is 0.814. The first kappa shape index (κ1) is 14.5. The molecule has 1 aromatic rings. The van der Waals surface area contributed by atoms with E-state index in [1.807, 2.05) is 6.07 Å². The van der Waals surface area contributed by atoms with Gasteiger partial charge in [0.05, 0.1) is 5.54 Å². The van der Waals surface area contributed by atoms with Gasteiger partial charge < -0.3 is 11.1 Å². The van der Waals surface area contributed by atoms with Crippen molar-refractivity contribution in [1.82, 2.24) is 5.32 Å². The predicted molar refractivity (Wildman–Crippen MR) is 82.0 cm³/mol. The fraction of sp³-hybridized carbons (Fsp3) is 0.647. The number of nitrogens with one attached hydrogen (secondary N) is 1. The summed E-state index contributed by atoms with van der Waals surface area (Å²) in [7, 11) is 0. The Kier molecular flexibility index (Phi) is 5.00. The number of hydrogen-bond donors (Lipinski definition) is 2. The van der Waals surface area contributed by atoms with E-state index in [1.165, 1.54) is 37.7 Å². The first-order chi connectivity index (χ1) is 9.08. The van der Waals surface area contributed by atoms with Crippen molar-refractivity contribution in [3.63, 3.8) is 0 Å². The van der Waals surface area contributed by atoms with E-state index in [0.29, 0.717) is 6.04 Å². The first-order valence-corrected chi connectivity index (χ1v) is 7.66. The molecule has 0 bridgehead atoms. The molecule has 1 fully saturated rings. The Morgan fingerprint density at radius 1 is 1.16 bits per heavy atom. The van der Waals surface area contributed by atoms with E-state index < -0.39 is 0 Å². The molecule has 1 aliphatic carbocycles. The fourth-order valence-electron chi connectivity index (χ4n) is 2.97. The van der Waals surface area contributed by atoms with Gasteiger partial charge in [0.1, 0.15) is 0 Å². The minimum Gasteiger partial charge on any atom is -0.321 e. The second-order valence-electron chi connectivity index (χ2n) is 6.47. The summed E-state index contributed by atoms with van der Waals surface area (Å²) in [5.74, 6) is 0.894. The summed E-state index contributed by atoms with van der Waals surface area (Å²) in [6, 6.07) is 11.1. The van der Waals surface area contributed by atoms with Gasteiger partial charge in [0.2, 0.25) is 0 Å². The van der Waals surface area contributed by atoms with E-state index >= 15 is 0 Å². The van der Waals surface area contributed by atoms with Crippen LogP contribution in [0.4, 0.5) is 0 Å². The summed E-state index contributed by atoms with van der Waals surface area (Å²) < 4.78 is 0. The third kappa shape index (κ3) is 4.32. The molecular formula is C17H28N2. The summed E-state index contributed by atoms with van der Waals surface area (Å²) in [6.45, 7) is 5.35. The van der Waals surface area contributed by atoms with Gasteiger partial charge in [-0.3, -0.25) is 0 Å². The predicted octanol–water partition coefficient (Wildman–Crippen LogP) is 3.42. The van der Waals surface area contributed by atoms with Crippen molar-refractivity contribution in [2.24, 2.45) is 11.7 Å². The van der Waals surface area contributed by atoms with Gasteiger partial charge in [-0.15, -0.1) is 0 Å². The van der Waals surface area contributed by atoms with Gasteiger partial charge in [0, 0.05) is 12.6 Å². The maximum absolute atomic E-state index is 6.46. The van der Waals surface area contributed by atoms with Crippen LogP contribution in [0, 0.1) is 5.92 Å². The molecule has 3 N–H and O–H groups in total. The van der Waals surface area contributed by atoms with Gasteiger partial charge in [-0.25, -0.2) is 0 Å². The summed E-state index contributed by atoms with van der Waals surface area (Å²) in [4.78, 5) is 0. The van der Waals surface area contributed by atoms with Crippen LogP contribution in [-0.4, -0.2) is 12.6 Å². The second kappa shape index (κ2) is 6.53. The van der Waals surface area contributed by atoms with E-state index in [2.05, 4.69) is 43.4 Å². The number of rotatable bonds is 4. The van der Waals surface area contributed by atoms with E-state index in [9.17, 15) is 0 Å². The van der Waals surface area contributed by atoms with Gasteiger partial charge in [-0.05, 0) is 37.7 Å². The molecule has 0 saturated heterocycles. The van der Waals surface area contributed by atoms with Crippen molar-refractivity contribution in [2.45, 2.75) is 57.5 Å². The molecule has 0 aliphatic heterocycles. The van der Waals surface area contributed by atoms with E-state index in [0.717, 1.165) is 12.5 Å². The minimum absolute atomic E-state index is 0.279. The van der Waals surface area contributed by atoms with Crippen LogP contribution >= 0.6 is 0 Å². The molecule has 3 unspecified atom stereocenters. The molecule has 106 valence electrons. The molecular weight excluding hydrogens is 232 g/mol. The monoisotopic (exact) mass is 260 g/mol. The van der Waals surface area contributed by atoms with Crippen molar-refractivity contribution in [3.8, 4) is 0 Å². The van der Waals surface area contributed by atoms with Crippen molar-refractivity contribution in [2.75, 3.05) is 6.54 Å². The number of nitrogens with two attached hydrogens (primary N) is 1. The largest absolute Gasteiger partial charge is 0.321 e. The van der Waals surface area contributed by atoms with Crippen molar-refractivity contribution < 1.29 is 0 Å². The minimum atomic E-state index is -0.279. The van der Waals surface area contributed by atoms with Crippen LogP contribution in [-0.2, 0) is 5.54 Å². The van der Waals surface area contributed by atoms with Crippen LogP contribution in [0.15, 0.2) is 30.3 Å². The summed E-state index contributed by atoms with van der Waals surface area (Å²) in [5, 5.41) is 3.70. The maximum atomic E-state index is 6.46. The first-order valence-electron chi connectivity index (χ1n) is 7.66. The molecule has 1 saturated carbocycles. The molecule has 0 spiro atoms. The molecule has 2 nitrogen and oxygen atoms in total. The van der Waals surface area contributed by atoms with E-state index in [1.54, 1.807) is 0 Å². The van der Waals surface area contributed by atoms with Gasteiger partial charge in [0.15, 0.2) is 0 Å². The van der Waals surface area contributed by atoms with Crippen LogP contribution in [0.3, 0.4) is 0 Å². The van der Waals surface area contributed by atoms with Gasteiger partial charge in [0.25, 0.3) is 0 Å². The molecule has 2 heteroatoms. The Morgan fingerprint density at radius 2 is 1.89 bits per heavy atom. The number of hydrogen-bond acceptors (Lipinski definition) is 2. The van der Waals surface area contributed by atoms with Crippen LogP contribution in [0.1, 0.15) is 51.5 Å². The fourth-order valence-corrected chi connectivity index (χ4v) is 2.97. The standard InChI is InChI=1S/C17H28N2/c1-14-7-6-10-16(12-11-14)19-13-17(2,18)15-8-4-3-5-9-15/h3-5,8-9,14,16,19H,6-7,10-13,18H2,1-2H3. The van der Waals surface area contributed by atoms with Gasteiger partial charge in [-0.1, -0.05) is 50.1 Å². The normalized spacial score (nSPS) is 27.5. The highest BCUT2D eigenvalue weighted by molar-refractivity contribution is 5.23. The van der Waals surface area contributed by atoms with Gasteiger partial charge in [-0.2, -0.15) is 0 Å². The Hall–Kier alpha value is -0.860. The lowest BCUT2D eigenvalue weighted by Crippen LogP contribution is -2.46. The Bertz CT molecular complexity index is 372. The average molecular weight is 260 g/mol. The topological polar surface area (TPSA) is 38.0 Å². The third-order valence-electron chi connectivity index (χ3n) is 4.45. The smallest absolute Gasteiger partial charge is 0.0507 e. The van der Waals surface area contributed by atoms with Crippen LogP contribution in [0.25, 0.3) is 0 Å². The lowest BCUT2D eigenvalue weighted by atomic mass is 9.92. The molecule has 1 aliphatic rings.